The summed E-state index contributed by atoms with van der Waals surface area (Å²) in [6, 6.07) is 1.45. The highest BCUT2D eigenvalue weighted by atomic mass is 79.9. The summed E-state index contributed by atoms with van der Waals surface area (Å²) in [7, 11) is 1.60. The zero-order chi connectivity index (χ0) is 14.3. The van der Waals surface area contributed by atoms with Gasteiger partial charge in [-0.1, -0.05) is 0 Å². The van der Waals surface area contributed by atoms with Crippen LogP contribution in [0.25, 0.3) is 0 Å². The van der Waals surface area contributed by atoms with Crippen molar-refractivity contribution in [2.75, 3.05) is 7.11 Å². The van der Waals surface area contributed by atoms with Crippen molar-refractivity contribution in [1.82, 2.24) is 10.6 Å². The third-order valence-corrected chi connectivity index (χ3v) is 6.49. The number of rotatable bonds is 3. The van der Waals surface area contributed by atoms with E-state index in [1.807, 2.05) is 6.92 Å². The molecule has 2 unspecified atom stereocenters. The van der Waals surface area contributed by atoms with Gasteiger partial charge in [0, 0.05) is 23.0 Å². The number of ether oxygens (including phenoxy) is 1. The van der Waals surface area contributed by atoms with Crippen molar-refractivity contribution < 1.29 is 9.53 Å². The van der Waals surface area contributed by atoms with Gasteiger partial charge in [-0.2, -0.15) is 0 Å². The summed E-state index contributed by atoms with van der Waals surface area (Å²) in [5, 5.41) is 6.77. The largest absolute Gasteiger partial charge is 0.494 e. The average molecular weight is 359 g/mol. The standard InChI is InChI=1S/C14H19BrN2O2S/c1-7-11(15)12(19-2)13(20-7)14(18)17-10-5-8-3-4-9(6-10)16-8/h8-10,16H,3-6H2,1-2H3,(H,17,18). The molecule has 1 aromatic rings. The minimum absolute atomic E-state index is 0.00745. The number of halogens is 1. The molecule has 4 nitrogen and oxygen atoms in total. The van der Waals surface area contributed by atoms with Gasteiger partial charge in [0.25, 0.3) is 5.91 Å². The third kappa shape index (κ3) is 2.61. The van der Waals surface area contributed by atoms with Crippen LogP contribution in [0.5, 0.6) is 5.75 Å². The number of nitrogens with one attached hydrogen (secondary N) is 2. The molecule has 20 heavy (non-hydrogen) atoms. The molecule has 0 aliphatic carbocycles. The van der Waals surface area contributed by atoms with Crippen molar-refractivity contribution in [2.45, 2.75) is 50.7 Å². The fourth-order valence-electron chi connectivity index (χ4n) is 3.26. The summed E-state index contributed by atoms with van der Waals surface area (Å²) < 4.78 is 6.24. The fraction of sp³-hybridized carbons (Fsp3) is 0.643. The Morgan fingerprint density at radius 2 is 2.05 bits per heavy atom. The summed E-state index contributed by atoms with van der Waals surface area (Å²) >= 11 is 4.96. The van der Waals surface area contributed by atoms with Gasteiger partial charge in [-0.05, 0) is 48.5 Å². The van der Waals surface area contributed by atoms with Gasteiger partial charge in [0.1, 0.15) is 4.88 Å². The molecule has 3 rings (SSSR count). The van der Waals surface area contributed by atoms with E-state index in [4.69, 9.17) is 4.74 Å². The second kappa shape index (κ2) is 5.66. The Hall–Kier alpha value is -0.590. The second-order valence-corrected chi connectivity index (χ2v) is 7.63. The van der Waals surface area contributed by atoms with Crippen molar-refractivity contribution >= 4 is 33.2 Å². The molecule has 2 atom stereocenters. The highest BCUT2D eigenvalue weighted by molar-refractivity contribution is 9.10. The normalized spacial score (nSPS) is 28.4. The molecular formula is C14H19BrN2O2S. The molecule has 2 N–H and O–H groups in total. The topological polar surface area (TPSA) is 50.4 Å². The number of hydrogen-bond acceptors (Lipinski definition) is 4. The maximum absolute atomic E-state index is 12.5. The van der Waals surface area contributed by atoms with Gasteiger partial charge in [-0.25, -0.2) is 0 Å². The van der Waals surface area contributed by atoms with Gasteiger partial charge in [-0.3, -0.25) is 4.79 Å². The lowest BCUT2D eigenvalue weighted by atomic mass is 10.00. The van der Waals surface area contributed by atoms with Crippen LogP contribution in [-0.2, 0) is 0 Å². The van der Waals surface area contributed by atoms with Gasteiger partial charge in [0.15, 0.2) is 5.75 Å². The Labute approximate surface area is 131 Å². The zero-order valence-corrected chi connectivity index (χ0v) is 14.1. The first-order valence-electron chi connectivity index (χ1n) is 6.98. The lowest BCUT2D eigenvalue weighted by Gasteiger charge is -2.29. The predicted octanol–water partition coefficient (Wildman–Crippen LogP) is 2.84. The van der Waals surface area contributed by atoms with Crippen LogP contribution in [0, 0.1) is 6.92 Å². The maximum atomic E-state index is 12.5. The minimum Gasteiger partial charge on any atom is -0.494 e. The van der Waals surface area contributed by atoms with E-state index in [9.17, 15) is 4.79 Å². The van der Waals surface area contributed by atoms with E-state index in [-0.39, 0.29) is 11.9 Å². The molecule has 0 saturated carbocycles. The molecule has 3 heterocycles. The Morgan fingerprint density at radius 3 is 2.65 bits per heavy atom. The molecule has 2 aliphatic rings. The molecule has 2 saturated heterocycles. The zero-order valence-electron chi connectivity index (χ0n) is 11.7. The average Bonchev–Trinajstić information content (AvgIpc) is 2.90. The van der Waals surface area contributed by atoms with Crippen LogP contribution in [0.4, 0.5) is 0 Å². The van der Waals surface area contributed by atoms with Crippen molar-refractivity contribution in [3.05, 3.63) is 14.2 Å². The molecule has 0 aromatic carbocycles. The molecular weight excluding hydrogens is 340 g/mol. The van der Waals surface area contributed by atoms with Crippen LogP contribution in [0.15, 0.2) is 4.47 Å². The van der Waals surface area contributed by atoms with Gasteiger partial charge in [-0.15, -0.1) is 11.3 Å². The maximum Gasteiger partial charge on any atom is 0.265 e. The van der Waals surface area contributed by atoms with Crippen LogP contribution in [0.1, 0.15) is 40.2 Å². The quantitative estimate of drug-likeness (QED) is 0.873. The summed E-state index contributed by atoms with van der Waals surface area (Å²) in [6.07, 6.45) is 4.56. The smallest absolute Gasteiger partial charge is 0.265 e. The molecule has 110 valence electrons. The Kier molecular flexibility index (Phi) is 4.06. The highest BCUT2D eigenvalue weighted by Crippen LogP contribution is 2.39. The number of fused-ring (bicyclic) bond motifs is 2. The van der Waals surface area contributed by atoms with Crippen molar-refractivity contribution in [3.63, 3.8) is 0 Å². The number of aryl methyl sites for hydroxylation is 1. The second-order valence-electron chi connectivity index (χ2n) is 5.61. The summed E-state index contributed by atoms with van der Waals surface area (Å²) in [4.78, 5) is 14.2. The lowest BCUT2D eigenvalue weighted by Crippen LogP contribution is -2.47. The first-order valence-corrected chi connectivity index (χ1v) is 8.59. The van der Waals surface area contributed by atoms with Gasteiger partial charge in [0.2, 0.25) is 0 Å². The van der Waals surface area contributed by atoms with Crippen LogP contribution in [0.2, 0.25) is 0 Å². The van der Waals surface area contributed by atoms with E-state index in [0.717, 1.165) is 22.2 Å². The summed E-state index contributed by atoms with van der Waals surface area (Å²) in [5.41, 5.74) is 0. The fourth-order valence-corrected chi connectivity index (χ4v) is 4.91. The summed E-state index contributed by atoms with van der Waals surface area (Å²) in [6.45, 7) is 1.98. The van der Waals surface area contributed by atoms with Crippen molar-refractivity contribution in [1.29, 1.82) is 0 Å². The number of thiophene rings is 1. The molecule has 1 aromatic heterocycles. The number of carbonyl (C=O) groups excluding carboxylic acids is 1. The van der Waals surface area contributed by atoms with E-state index < -0.39 is 0 Å². The van der Waals surface area contributed by atoms with Crippen LogP contribution in [-0.4, -0.2) is 31.1 Å². The van der Waals surface area contributed by atoms with Gasteiger partial charge >= 0.3 is 0 Å². The van der Waals surface area contributed by atoms with Crippen LogP contribution in [0.3, 0.4) is 0 Å². The lowest BCUT2D eigenvalue weighted by molar-refractivity contribution is 0.0925. The van der Waals surface area contributed by atoms with E-state index in [1.54, 1.807) is 7.11 Å². The van der Waals surface area contributed by atoms with Crippen molar-refractivity contribution in [2.24, 2.45) is 0 Å². The first kappa shape index (κ1) is 14.4. The minimum atomic E-state index is -0.00745. The molecule has 1 amide bonds. The predicted molar refractivity (Wildman–Crippen MR) is 83.7 cm³/mol. The molecule has 2 bridgehead atoms. The van der Waals surface area contributed by atoms with Gasteiger partial charge in [0.05, 0.1) is 11.6 Å². The third-order valence-electron chi connectivity index (χ3n) is 4.19. The van der Waals surface area contributed by atoms with Crippen molar-refractivity contribution in [3.8, 4) is 5.75 Å². The number of hydrogen-bond donors (Lipinski definition) is 2. The SMILES string of the molecule is COc1c(C(=O)NC2CC3CCC(C2)N3)sc(C)c1Br. The number of carbonyl (C=O) groups is 1. The van der Waals surface area contributed by atoms with E-state index in [0.29, 0.717) is 22.7 Å². The van der Waals surface area contributed by atoms with Crippen LogP contribution >= 0.6 is 27.3 Å². The molecule has 6 heteroatoms. The Morgan fingerprint density at radius 1 is 1.40 bits per heavy atom. The Bertz CT molecular complexity index is 519. The highest BCUT2D eigenvalue weighted by Gasteiger charge is 2.34. The van der Waals surface area contributed by atoms with Gasteiger partial charge < -0.3 is 15.4 Å². The Balaban J connectivity index is 1.72. The number of amides is 1. The number of piperidine rings is 1. The number of methoxy groups -OCH3 is 1. The molecule has 0 radical (unpaired) electrons. The molecule has 2 aliphatic heterocycles. The monoisotopic (exact) mass is 358 g/mol. The van der Waals surface area contributed by atoms with E-state index in [1.165, 1.54) is 24.2 Å². The van der Waals surface area contributed by atoms with E-state index >= 15 is 0 Å². The van der Waals surface area contributed by atoms with E-state index in [2.05, 4.69) is 26.6 Å². The molecule has 2 fully saturated rings. The van der Waals surface area contributed by atoms with Crippen LogP contribution < -0.4 is 15.4 Å². The molecule has 0 spiro atoms. The first-order chi connectivity index (χ1) is 9.58. The summed E-state index contributed by atoms with van der Waals surface area (Å²) in [5.74, 6) is 0.647.